The van der Waals surface area contributed by atoms with E-state index in [-0.39, 0.29) is 29.9 Å². The van der Waals surface area contributed by atoms with Crippen LogP contribution in [0.25, 0.3) is 0 Å². The molecule has 0 fully saturated rings. The van der Waals surface area contributed by atoms with Gasteiger partial charge in [0.15, 0.2) is 0 Å². The number of carbonyl (C=O) groups excluding carboxylic acids is 2. The molecule has 6 heteroatoms. The molecule has 178 valence electrons. The van der Waals surface area contributed by atoms with E-state index in [9.17, 15) is 14.0 Å². The second kappa shape index (κ2) is 13.6. The van der Waals surface area contributed by atoms with Gasteiger partial charge in [0.05, 0.1) is 5.75 Å². The standard InChI is InChI=1S/C28H31FN2O2S/c1-2-3-18-30-28(33)26(19-22-12-6-4-7-13-22)31(20-23-14-10-11-17-25(23)29)27(32)21-34-24-15-8-5-9-16-24/h4-17,26H,2-3,18-21H2,1H3,(H,30,33). The van der Waals surface area contributed by atoms with Crippen molar-refractivity contribution < 1.29 is 14.0 Å². The Morgan fingerprint density at radius 3 is 2.26 bits per heavy atom. The Kier molecular flexibility index (Phi) is 10.2. The number of hydrogen-bond donors (Lipinski definition) is 1. The maximum Gasteiger partial charge on any atom is 0.243 e. The van der Waals surface area contributed by atoms with Crippen molar-refractivity contribution in [3.8, 4) is 0 Å². The Bertz CT molecular complexity index is 1050. The number of rotatable bonds is 12. The number of nitrogens with zero attached hydrogens (tertiary/aromatic N) is 1. The van der Waals surface area contributed by atoms with Gasteiger partial charge in [-0.05, 0) is 30.2 Å². The van der Waals surface area contributed by atoms with Crippen molar-refractivity contribution in [1.29, 1.82) is 0 Å². The lowest BCUT2D eigenvalue weighted by molar-refractivity contribution is -0.139. The van der Waals surface area contributed by atoms with Gasteiger partial charge in [-0.2, -0.15) is 0 Å². The van der Waals surface area contributed by atoms with Crippen molar-refractivity contribution in [2.75, 3.05) is 12.3 Å². The van der Waals surface area contributed by atoms with Crippen molar-refractivity contribution in [3.05, 3.63) is 102 Å². The highest BCUT2D eigenvalue weighted by molar-refractivity contribution is 8.00. The van der Waals surface area contributed by atoms with Gasteiger partial charge in [0.25, 0.3) is 0 Å². The lowest BCUT2D eigenvalue weighted by atomic mass is 10.0. The Hall–Kier alpha value is -3.12. The summed E-state index contributed by atoms with van der Waals surface area (Å²) < 4.78 is 14.6. The Balaban J connectivity index is 1.89. The molecular formula is C28H31FN2O2S. The van der Waals surface area contributed by atoms with E-state index in [1.54, 1.807) is 18.2 Å². The predicted molar refractivity (Wildman–Crippen MR) is 136 cm³/mol. The molecule has 0 radical (unpaired) electrons. The first-order valence-electron chi connectivity index (χ1n) is 11.6. The average molecular weight is 479 g/mol. The fourth-order valence-electron chi connectivity index (χ4n) is 3.61. The van der Waals surface area contributed by atoms with E-state index in [0.29, 0.717) is 18.5 Å². The quantitative estimate of drug-likeness (QED) is 0.277. The number of benzene rings is 3. The van der Waals surface area contributed by atoms with Gasteiger partial charge in [0.1, 0.15) is 11.9 Å². The van der Waals surface area contributed by atoms with Crippen LogP contribution in [0.3, 0.4) is 0 Å². The van der Waals surface area contributed by atoms with E-state index < -0.39 is 6.04 Å². The smallest absolute Gasteiger partial charge is 0.243 e. The van der Waals surface area contributed by atoms with Crippen molar-refractivity contribution in [1.82, 2.24) is 10.2 Å². The molecule has 4 nitrogen and oxygen atoms in total. The van der Waals surface area contributed by atoms with E-state index in [0.717, 1.165) is 23.3 Å². The fourth-order valence-corrected chi connectivity index (χ4v) is 4.42. The number of carbonyl (C=O) groups is 2. The van der Waals surface area contributed by atoms with Gasteiger partial charge in [0, 0.05) is 30.0 Å². The van der Waals surface area contributed by atoms with Crippen LogP contribution >= 0.6 is 11.8 Å². The summed E-state index contributed by atoms with van der Waals surface area (Å²) in [5.41, 5.74) is 1.33. The van der Waals surface area contributed by atoms with Crippen LogP contribution in [0.15, 0.2) is 89.8 Å². The summed E-state index contributed by atoms with van der Waals surface area (Å²) in [6.07, 6.45) is 2.17. The number of thioether (sulfide) groups is 1. The van der Waals surface area contributed by atoms with E-state index in [4.69, 9.17) is 0 Å². The molecule has 3 rings (SSSR count). The molecule has 0 bridgehead atoms. The maximum atomic E-state index is 14.6. The normalized spacial score (nSPS) is 11.6. The minimum absolute atomic E-state index is 0.0273. The summed E-state index contributed by atoms with van der Waals surface area (Å²) in [5, 5.41) is 2.98. The van der Waals surface area contributed by atoms with Gasteiger partial charge in [-0.25, -0.2) is 4.39 Å². The van der Waals surface area contributed by atoms with Crippen LogP contribution in [0.4, 0.5) is 4.39 Å². The van der Waals surface area contributed by atoms with Gasteiger partial charge >= 0.3 is 0 Å². The topological polar surface area (TPSA) is 49.4 Å². The van der Waals surface area contributed by atoms with Gasteiger partial charge in [-0.3, -0.25) is 9.59 Å². The molecule has 0 saturated heterocycles. The lowest BCUT2D eigenvalue weighted by Crippen LogP contribution is -2.51. The number of hydrogen-bond acceptors (Lipinski definition) is 3. The number of halogens is 1. The molecule has 34 heavy (non-hydrogen) atoms. The Labute approximate surface area is 205 Å². The van der Waals surface area contributed by atoms with Crippen LogP contribution in [-0.2, 0) is 22.6 Å². The molecule has 3 aromatic carbocycles. The summed E-state index contributed by atoms with van der Waals surface area (Å²) >= 11 is 1.41. The van der Waals surface area contributed by atoms with Gasteiger partial charge in [0.2, 0.25) is 11.8 Å². The molecule has 0 aliphatic carbocycles. The molecule has 0 aliphatic heterocycles. The number of amides is 2. The summed E-state index contributed by atoms with van der Waals surface area (Å²) in [6, 6.07) is 24.9. The third-order valence-corrected chi connectivity index (χ3v) is 6.50. The van der Waals surface area contributed by atoms with E-state index in [2.05, 4.69) is 12.2 Å². The zero-order valence-electron chi connectivity index (χ0n) is 19.5. The highest BCUT2D eigenvalue weighted by atomic mass is 32.2. The number of nitrogens with one attached hydrogen (secondary N) is 1. The lowest BCUT2D eigenvalue weighted by Gasteiger charge is -2.31. The summed E-state index contributed by atoms with van der Waals surface area (Å²) in [4.78, 5) is 29.3. The van der Waals surface area contributed by atoms with Gasteiger partial charge in [-0.1, -0.05) is 80.1 Å². The molecule has 2 amide bonds. The van der Waals surface area contributed by atoms with Gasteiger partial charge < -0.3 is 10.2 Å². The Morgan fingerprint density at radius 1 is 0.941 bits per heavy atom. The van der Waals surface area contributed by atoms with E-state index in [1.807, 2.05) is 60.7 Å². The van der Waals surface area contributed by atoms with E-state index >= 15 is 0 Å². The second-order valence-corrected chi connectivity index (χ2v) is 9.11. The molecule has 0 heterocycles. The van der Waals surface area contributed by atoms with Crippen LogP contribution in [0, 0.1) is 5.82 Å². The maximum absolute atomic E-state index is 14.6. The third-order valence-electron chi connectivity index (χ3n) is 5.50. The van der Waals surface area contributed by atoms with Crippen LogP contribution in [0.5, 0.6) is 0 Å². The first kappa shape index (κ1) is 25.5. The minimum atomic E-state index is -0.747. The zero-order valence-corrected chi connectivity index (χ0v) is 20.3. The first-order chi connectivity index (χ1) is 16.6. The molecule has 0 spiro atoms. The van der Waals surface area contributed by atoms with Crippen molar-refractivity contribution >= 4 is 23.6 Å². The molecule has 1 unspecified atom stereocenters. The average Bonchev–Trinajstić information content (AvgIpc) is 2.87. The molecule has 1 atom stereocenters. The zero-order chi connectivity index (χ0) is 24.2. The van der Waals surface area contributed by atoms with Crippen LogP contribution in [0.1, 0.15) is 30.9 Å². The second-order valence-electron chi connectivity index (χ2n) is 8.06. The largest absolute Gasteiger partial charge is 0.354 e. The van der Waals surface area contributed by atoms with Crippen molar-refractivity contribution in [3.63, 3.8) is 0 Å². The predicted octanol–water partition coefficient (Wildman–Crippen LogP) is 5.47. The summed E-state index contributed by atoms with van der Waals surface area (Å²) in [7, 11) is 0. The van der Waals surface area contributed by atoms with Gasteiger partial charge in [-0.15, -0.1) is 11.8 Å². The molecule has 1 N–H and O–H groups in total. The fraction of sp³-hybridized carbons (Fsp3) is 0.286. The summed E-state index contributed by atoms with van der Waals surface area (Å²) in [5.74, 6) is -0.650. The molecule has 3 aromatic rings. The monoisotopic (exact) mass is 478 g/mol. The van der Waals surface area contributed by atoms with Crippen LogP contribution < -0.4 is 5.32 Å². The molecule has 0 saturated carbocycles. The Morgan fingerprint density at radius 2 is 1.59 bits per heavy atom. The highest BCUT2D eigenvalue weighted by Crippen LogP contribution is 2.21. The molecular weight excluding hydrogens is 447 g/mol. The number of unbranched alkanes of at least 4 members (excludes halogenated alkanes) is 1. The SMILES string of the molecule is CCCCNC(=O)C(Cc1ccccc1)N(Cc1ccccc1F)C(=O)CSc1ccccc1. The first-order valence-corrected chi connectivity index (χ1v) is 12.6. The third kappa shape index (κ3) is 7.73. The molecule has 0 aromatic heterocycles. The highest BCUT2D eigenvalue weighted by Gasteiger charge is 2.30. The van der Waals surface area contributed by atoms with Crippen molar-refractivity contribution in [2.24, 2.45) is 0 Å². The molecule has 0 aliphatic rings. The summed E-state index contributed by atoms with van der Waals surface area (Å²) in [6.45, 7) is 2.63. The van der Waals surface area contributed by atoms with Crippen LogP contribution in [-0.4, -0.2) is 35.1 Å². The van der Waals surface area contributed by atoms with Crippen molar-refractivity contribution in [2.45, 2.75) is 43.7 Å². The van der Waals surface area contributed by atoms with Crippen LogP contribution in [0.2, 0.25) is 0 Å². The minimum Gasteiger partial charge on any atom is -0.354 e. The van der Waals surface area contributed by atoms with E-state index in [1.165, 1.54) is 22.7 Å².